The Morgan fingerprint density at radius 2 is 1.79 bits per heavy atom. The minimum Gasteiger partial charge on any atom is -0.497 e. The van der Waals surface area contributed by atoms with Crippen molar-refractivity contribution in [2.75, 3.05) is 20.3 Å². The number of ketones is 1. The Labute approximate surface area is 141 Å². The molecule has 5 heteroatoms. The van der Waals surface area contributed by atoms with Crippen LogP contribution in [0.5, 0.6) is 11.5 Å². The van der Waals surface area contributed by atoms with Crippen LogP contribution in [0.3, 0.4) is 0 Å². The third kappa shape index (κ3) is 4.59. The summed E-state index contributed by atoms with van der Waals surface area (Å²) >= 11 is 0. The quantitative estimate of drug-likeness (QED) is 0.627. The molecule has 0 radical (unpaired) electrons. The van der Waals surface area contributed by atoms with E-state index in [-0.39, 0.29) is 18.3 Å². The lowest BCUT2D eigenvalue weighted by Gasteiger charge is -2.12. The van der Waals surface area contributed by atoms with Crippen molar-refractivity contribution in [3.8, 4) is 11.5 Å². The van der Waals surface area contributed by atoms with Crippen molar-refractivity contribution in [3.05, 3.63) is 59.2 Å². The Morgan fingerprint density at radius 3 is 2.42 bits per heavy atom. The van der Waals surface area contributed by atoms with Crippen molar-refractivity contribution in [2.45, 2.75) is 13.8 Å². The van der Waals surface area contributed by atoms with Crippen LogP contribution in [0.2, 0.25) is 0 Å². The minimum atomic E-state index is -0.156. The second kappa shape index (κ2) is 8.15. The number of hydrogen-bond acceptors (Lipinski definition) is 4. The summed E-state index contributed by atoms with van der Waals surface area (Å²) in [5.74, 6) is 0.817. The molecule has 0 fully saturated rings. The van der Waals surface area contributed by atoms with Gasteiger partial charge in [-0.15, -0.1) is 0 Å². The molecule has 0 saturated heterocycles. The van der Waals surface area contributed by atoms with Gasteiger partial charge >= 0.3 is 0 Å². The number of methoxy groups -OCH3 is 1. The van der Waals surface area contributed by atoms with Crippen molar-refractivity contribution in [3.63, 3.8) is 0 Å². The second-order valence-corrected chi connectivity index (χ2v) is 5.39. The van der Waals surface area contributed by atoms with Crippen LogP contribution in [0.25, 0.3) is 0 Å². The van der Waals surface area contributed by atoms with E-state index in [1.807, 2.05) is 19.1 Å². The van der Waals surface area contributed by atoms with Crippen molar-refractivity contribution >= 4 is 11.7 Å². The molecule has 5 nitrogen and oxygen atoms in total. The highest BCUT2D eigenvalue weighted by Crippen LogP contribution is 2.25. The number of ether oxygens (including phenoxy) is 2. The number of aryl methyl sites for hydroxylation is 1. The van der Waals surface area contributed by atoms with Gasteiger partial charge in [0.15, 0.2) is 5.78 Å². The van der Waals surface area contributed by atoms with E-state index in [1.54, 1.807) is 37.4 Å². The molecule has 1 N–H and O–H groups in total. The largest absolute Gasteiger partial charge is 0.497 e. The van der Waals surface area contributed by atoms with Crippen molar-refractivity contribution in [1.29, 1.82) is 0 Å². The number of carbonyl (C=O) groups excluding carboxylic acids is 2. The molecule has 0 saturated carbocycles. The lowest BCUT2D eigenvalue weighted by atomic mass is 10.1. The fourth-order valence-corrected chi connectivity index (χ4v) is 2.17. The van der Waals surface area contributed by atoms with Crippen LogP contribution in [-0.2, 0) is 0 Å². The number of amides is 1. The molecule has 0 unspecified atom stereocenters. The van der Waals surface area contributed by atoms with Crippen LogP contribution in [-0.4, -0.2) is 32.0 Å². The van der Waals surface area contributed by atoms with E-state index in [2.05, 4.69) is 5.32 Å². The lowest BCUT2D eigenvalue weighted by Crippen LogP contribution is -2.28. The van der Waals surface area contributed by atoms with Gasteiger partial charge in [0.1, 0.15) is 18.1 Å². The van der Waals surface area contributed by atoms with Gasteiger partial charge < -0.3 is 14.8 Å². The summed E-state index contributed by atoms with van der Waals surface area (Å²) in [5, 5.41) is 2.79. The molecule has 0 aliphatic rings. The zero-order valence-electron chi connectivity index (χ0n) is 14.1. The molecule has 0 aliphatic heterocycles. The van der Waals surface area contributed by atoms with Gasteiger partial charge in [-0.05, 0) is 38.1 Å². The van der Waals surface area contributed by atoms with Gasteiger partial charge in [-0.3, -0.25) is 9.59 Å². The molecule has 0 aliphatic carbocycles. The molecule has 0 atom stereocenters. The number of rotatable bonds is 7. The first kappa shape index (κ1) is 17.5. The standard InChI is InChI=1S/C19H21NO4/c1-13-4-6-15(7-5-13)19(22)20-10-11-24-18-12-16(23-3)8-9-17(18)14(2)21/h4-9,12H,10-11H2,1-3H3,(H,20,22). The molecule has 0 aromatic heterocycles. The molecule has 2 aromatic rings. The van der Waals surface area contributed by atoms with E-state index in [4.69, 9.17) is 9.47 Å². The molecule has 2 rings (SSSR count). The monoisotopic (exact) mass is 327 g/mol. The zero-order valence-corrected chi connectivity index (χ0v) is 14.1. The van der Waals surface area contributed by atoms with E-state index in [9.17, 15) is 9.59 Å². The first-order chi connectivity index (χ1) is 11.5. The molecular weight excluding hydrogens is 306 g/mol. The van der Waals surface area contributed by atoms with Gasteiger partial charge in [0.2, 0.25) is 0 Å². The van der Waals surface area contributed by atoms with Gasteiger partial charge in [0.25, 0.3) is 5.91 Å². The Bertz CT molecular complexity index is 723. The number of nitrogens with one attached hydrogen (secondary N) is 1. The lowest BCUT2D eigenvalue weighted by molar-refractivity contribution is 0.0943. The average molecular weight is 327 g/mol. The van der Waals surface area contributed by atoms with Gasteiger partial charge in [-0.25, -0.2) is 0 Å². The third-order valence-corrected chi connectivity index (χ3v) is 3.53. The fraction of sp³-hybridized carbons (Fsp3) is 0.263. The maximum atomic E-state index is 12.0. The summed E-state index contributed by atoms with van der Waals surface area (Å²) in [5.41, 5.74) is 2.19. The number of hydrogen-bond donors (Lipinski definition) is 1. The van der Waals surface area contributed by atoms with Gasteiger partial charge in [0, 0.05) is 11.6 Å². The Balaban J connectivity index is 1.91. The van der Waals surface area contributed by atoms with Crippen molar-refractivity contribution < 1.29 is 19.1 Å². The molecule has 2 aromatic carbocycles. The van der Waals surface area contributed by atoms with E-state index >= 15 is 0 Å². The van der Waals surface area contributed by atoms with Gasteiger partial charge in [-0.1, -0.05) is 17.7 Å². The summed E-state index contributed by atoms with van der Waals surface area (Å²) in [4.78, 5) is 23.6. The van der Waals surface area contributed by atoms with Crippen LogP contribution in [0.4, 0.5) is 0 Å². The maximum absolute atomic E-state index is 12.0. The predicted molar refractivity (Wildman–Crippen MR) is 92.0 cm³/mol. The van der Waals surface area contributed by atoms with E-state index in [0.717, 1.165) is 5.56 Å². The molecule has 0 bridgehead atoms. The fourth-order valence-electron chi connectivity index (χ4n) is 2.17. The summed E-state index contributed by atoms with van der Waals surface area (Å²) in [6.45, 7) is 4.04. The smallest absolute Gasteiger partial charge is 0.251 e. The van der Waals surface area contributed by atoms with Gasteiger partial charge in [-0.2, -0.15) is 0 Å². The van der Waals surface area contributed by atoms with E-state index < -0.39 is 0 Å². The molecular formula is C19H21NO4. The summed E-state index contributed by atoms with van der Waals surface area (Å²) < 4.78 is 10.8. The normalized spacial score (nSPS) is 10.1. The highest BCUT2D eigenvalue weighted by atomic mass is 16.5. The molecule has 0 spiro atoms. The summed E-state index contributed by atoms with van der Waals surface area (Å²) in [6.07, 6.45) is 0. The van der Waals surface area contributed by atoms with E-state index in [0.29, 0.717) is 29.2 Å². The minimum absolute atomic E-state index is 0.0867. The van der Waals surface area contributed by atoms with Crippen LogP contribution in [0, 0.1) is 6.92 Å². The molecule has 0 heterocycles. The summed E-state index contributed by atoms with van der Waals surface area (Å²) in [7, 11) is 1.55. The molecule has 24 heavy (non-hydrogen) atoms. The highest BCUT2D eigenvalue weighted by molar-refractivity contribution is 5.97. The van der Waals surface area contributed by atoms with Crippen LogP contribution < -0.4 is 14.8 Å². The van der Waals surface area contributed by atoms with Crippen molar-refractivity contribution in [1.82, 2.24) is 5.32 Å². The number of Topliss-reactive ketones (excluding diaryl/α,β-unsaturated/α-hetero) is 1. The topological polar surface area (TPSA) is 64.6 Å². The first-order valence-corrected chi connectivity index (χ1v) is 7.68. The van der Waals surface area contributed by atoms with Crippen LogP contribution in [0.15, 0.2) is 42.5 Å². The van der Waals surface area contributed by atoms with Gasteiger partial charge in [0.05, 0.1) is 19.2 Å². The Kier molecular flexibility index (Phi) is 5.95. The highest BCUT2D eigenvalue weighted by Gasteiger charge is 2.10. The first-order valence-electron chi connectivity index (χ1n) is 7.68. The average Bonchev–Trinajstić information content (AvgIpc) is 2.58. The zero-order chi connectivity index (χ0) is 17.5. The number of benzene rings is 2. The predicted octanol–water partition coefficient (Wildman–Crippen LogP) is 3.02. The molecule has 1 amide bonds. The second-order valence-electron chi connectivity index (χ2n) is 5.39. The third-order valence-electron chi connectivity index (χ3n) is 3.53. The van der Waals surface area contributed by atoms with Crippen LogP contribution >= 0.6 is 0 Å². The Morgan fingerprint density at radius 1 is 1.08 bits per heavy atom. The molecule has 126 valence electrons. The summed E-state index contributed by atoms with van der Waals surface area (Å²) in [6, 6.07) is 12.4. The number of carbonyl (C=O) groups is 2. The van der Waals surface area contributed by atoms with Crippen molar-refractivity contribution in [2.24, 2.45) is 0 Å². The SMILES string of the molecule is COc1ccc(C(C)=O)c(OCCNC(=O)c2ccc(C)cc2)c1. The Hall–Kier alpha value is -2.82. The van der Waals surface area contributed by atoms with E-state index in [1.165, 1.54) is 6.92 Å². The van der Waals surface area contributed by atoms with Crippen LogP contribution in [0.1, 0.15) is 33.2 Å². The maximum Gasteiger partial charge on any atom is 0.251 e.